The van der Waals surface area contributed by atoms with E-state index in [-0.39, 0.29) is 18.0 Å². The lowest BCUT2D eigenvalue weighted by molar-refractivity contribution is -0.119. The molecule has 2 aliphatic rings. The summed E-state index contributed by atoms with van der Waals surface area (Å²) in [6.45, 7) is 0.308. The molecular weight excluding hydrogens is 246 g/mol. The minimum Gasteiger partial charge on any atom is -0.311 e. The first-order chi connectivity index (χ1) is 9.22. The summed E-state index contributed by atoms with van der Waals surface area (Å²) in [7, 11) is 0. The van der Waals surface area contributed by atoms with Crippen LogP contribution < -0.4 is 4.90 Å². The fraction of sp³-hybridized carbons (Fsp3) is 0.333. The zero-order chi connectivity index (χ0) is 13.4. The number of para-hydroxylation sites is 1. The van der Waals surface area contributed by atoms with Crippen molar-refractivity contribution in [2.45, 2.75) is 18.5 Å². The van der Waals surface area contributed by atoms with Gasteiger partial charge in [-0.25, -0.2) is 9.69 Å². The van der Waals surface area contributed by atoms with E-state index in [1.54, 1.807) is 24.3 Å². The number of azide groups is 1. The van der Waals surface area contributed by atoms with E-state index in [2.05, 4.69) is 10.0 Å². The van der Waals surface area contributed by atoms with Gasteiger partial charge in [-0.3, -0.25) is 4.79 Å². The molecule has 3 amide bonds. The van der Waals surface area contributed by atoms with Crippen molar-refractivity contribution in [3.8, 4) is 0 Å². The second-order valence-electron chi connectivity index (χ2n) is 4.55. The van der Waals surface area contributed by atoms with Gasteiger partial charge in [-0.15, -0.1) is 0 Å². The maximum absolute atomic E-state index is 12.3. The largest absolute Gasteiger partial charge is 0.332 e. The van der Waals surface area contributed by atoms with E-state index in [9.17, 15) is 9.59 Å². The second-order valence-corrected chi connectivity index (χ2v) is 4.55. The highest BCUT2D eigenvalue weighted by atomic mass is 16.2. The van der Waals surface area contributed by atoms with E-state index in [1.807, 2.05) is 6.07 Å². The van der Waals surface area contributed by atoms with Crippen LogP contribution in [-0.4, -0.2) is 35.5 Å². The molecule has 1 aromatic carbocycles. The Morgan fingerprint density at radius 2 is 2.00 bits per heavy atom. The normalized spacial score (nSPS) is 25.5. The lowest BCUT2D eigenvalue weighted by atomic mass is 10.1. The zero-order valence-electron chi connectivity index (χ0n) is 10.0. The molecular formula is C12H11N5O2. The van der Waals surface area contributed by atoms with Crippen molar-refractivity contribution in [1.29, 1.82) is 0 Å². The van der Waals surface area contributed by atoms with Crippen molar-refractivity contribution >= 4 is 17.6 Å². The number of urea groups is 1. The summed E-state index contributed by atoms with van der Waals surface area (Å²) in [6.07, 6.45) is 0.401. The van der Waals surface area contributed by atoms with Crippen molar-refractivity contribution < 1.29 is 9.59 Å². The first-order valence-corrected chi connectivity index (χ1v) is 5.96. The van der Waals surface area contributed by atoms with Crippen LogP contribution in [0.1, 0.15) is 6.42 Å². The van der Waals surface area contributed by atoms with Gasteiger partial charge in [0.05, 0.1) is 11.7 Å². The number of rotatable bonds is 2. The third-order valence-electron chi connectivity index (χ3n) is 3.45. The van der Waals surface area contributed by atoms with E-state index >= 15 is 0 Å². The van der Waals surface area contributed by atoms with Crippen LogP contribution in [0, 0.1) is 0 Å². The van der Waals surface area contributed by atoms with Crippen molar-refractivity contribution in [3.05, 3.63) is 40.8 Å². The molecule has 3 rings (SSSR count). The van der Waals surface area contributed by atoms with Crippen LogP contribution in [0.5, 0.6) is 0 Å². The van der Waals surface area contributed by atoms with Crippen LogP contribution >= 0.6 is 0 Å². The molecule has 0 aliphatic carbocycles. The summed E-state index contributed by atoms with van der Waals surface area (Å²) in [5.74, 6) is -0.244. The molecule has 96 valence electrons. The maximum Gasteiger partial charge on any atom is 0.332 e. The summed E-state index contributed by atoms with van der Waals surface area (Å²) in [6, 6.07) is 7.70. The number of fused-ring (bicyclic) bond motifs is 1. The van der Waals surface area contributed by atoms with Gasteiger partial charge >= 0.3 is 6.03 Å². The van der Waals surface area contributed by atoms with Crippen molar-refractivity contribution in [2.24, 2.45) is 5.11 Å². The van der Waals surface area contributed by atoms with Gasteiger partial charge in [0.1, 0.15) is 6.04 Å². The number of carbonyl (C=O) groups is 2. The lowest BCUT2D eigenvalue weighted by Gasteiger charge is -2.16. The number of nitrogens with zero attached hydrogens (tertiary/aromatic N) is 5. The molecule has 0 spiro atoms. The molecule has 0 aromatic heterocycles. The highest BCUT2D eigenvalue weighted by molar-refractivity contribution is 6.21. The summed E-state index contributed by atoms with van der Waals surface area (Å²) in [5, 5.41) is 3.59. The van der Waals surface area contributed by atoms with Crippen LogP contribution in [0.3, 0.4) is 0 Å². The average molecular weight is 257 g/mol. The van der Waals surface area contributed by atoms with E-state index in [0.717, 1.165) is 0 Å². The Bertz CT molecular complexity index is 557. The number of hydrogen-bond acceptors (Lipinski definition) is 3. The van der Waals surface area contributed by atoms with Gasteiger partial charge < -0.3 is 4.90 Å². The standard InChI is InChI=1S/C12H11N5O2/c13-15-14-8-6-10-11(18)17(12(19)16(10)7-8)9-4-2-1-3-5-9/h1-5,8,10H,6-7H2. The van der Waals surface area contributed by atoms with E-state index in [0.29, 0.717) is 18.7 Å². The summed E-state index contributed by atoms with van der Waals surface area (Å²) in [4.78, 5) is 29.9. The fourth-order valence-corrected chi connectivity index (χ4v) is 2.60. The molecule has 19 heavy (non-hydrogen) atoms. The van der Waals surface area contributed by atoms with Crippen LogP contribution in [0.2, 0.25) is 0 Å². The van der Waals surface area contributed by atoms with Gasteiger partial charge in [0.15, 0.2) is 0 Å². The van der Waals surface area contributed by atoms with Crippen LogP contribution in [0.4, 0.5) is 10.5 Å². The third-order valence-corrected chi connectivity index (χ3v) is 3.45. The quantitative estimate of drug-likeness (QED) is 0.350. The van der Waals surface area contributed by atoms with Gasteiger partial charge in [0.25, 0.3) is 5.91 Å². The van der Waals surface area contributed by atoms with Crippen LogP contribution in [0.15, 0.2) is 35.4 Å². The fourth-order valence-electron chi connectivity index (χ4n) is 2.60. The summed E-state index contributed by atoms with van der Waals surface area (Å²) in [5.41, 5.74) is 8.99. The number of carbonyl (C=O) groups excluding carboxylic acids is 2. The first kappa shape index (κ1) is 11.6. The van der Waals surface area contributed by atoms with Gasteiger partial charge in [0.2, 0.25) is 0 Å². The highest BCUT2D eigenvalue weighted by Gasteiger charge is 2.50. The topological polar surface area (TPSA) is 89.4 Å². The Kier molecular flexibility index (Phi) is 2.61. The molecule has 7 nitrogen and oxygen atoms in total. The molecule has 0 saturated carbocycles. The van der Waals surface area contributed by atoms with Crippen molar-refractivity contribution in [1.82, 2.24) is 4.90 Å². The molecule has 2 saturated heterocycles. The Balaban J connectivity index is 1.89. The monoisotopic (exact) mass is 257 g/mol. The van der Waals surface area contributed by atoms with Crippen LogP contribution in [0.25, 0.3) is 10.4 Å². The molecule has 2 aliphatic heterocycles. The Morgan fingerprint density at radius 3 is 2.63 bits per heavy atom. The molecule has 2 unspecified atom stereocenters. The average Bonchev–Trinajstić information content (AvgIpc) is 2.92. The molecule has 7 heteroatoms. The molecule has 1 aromatic rings. The smallest absolute Gasteiger partial charge is 0.311 e. The Labute approximate surface area is 109 Å². The highest BCUT2D eigenvalue weighted by Crippen LogP contribution is 2.32. The zero-order valence-corrected chi connectivity index (χ0v) is 10.0. The van der Waals surface area contributed by atoms with Gasteiger partial charge in [0, 0.05) is 11.5 Å². The number of anilines is 1. The van der Waals surface area contributed by atoms with E-state index < -0.39 is 6.04 Å². The Morgan fingerprint density at radius 1 is 1.26 bits per heavy atom. The number of hydrogen-bond donors (Lipinski definition) is 0. The molecule has 0 N–H and O–H groups in total. The lowest BCUT2D eigenvalue weighted by Crippen LogP contribution is -2.34. The predicted molar refractivity (Wildman–Crippen MR) is 67.4 cm³/mol. The van der Waals surface area contributed by atoms with E-state index in [1.165, 1.54) is 9.80 Å². The van der Waals surface area contributed by atoms with Gasteiger partial charge in [-0.1, -0.05) is 23.3 Å². The second kappa shape index (κ2) is 4.29. The van der Waals surface area contributed by atoms with Gasteiger partial charge in [-0.05, 0) is 24.1 Å². The molecule has 0 bridgehead atoms. The molecule has 2 heterocycles. The minimum atomic E-state index is -0.497. The number of benzene rings is 1. The Hall–Kier alpha value is -2.53. The molecule has 2 fully saturated rings. The first-order valence-electron chi connectivity index (χ1n) is 5.96. The molecule has 2 atom stereocenters. The summed E-state index contributed by atoms with van der Waals surface area (Å²) >= 11 is 0. The van der Waals surface area contributed by atoms with Crippen molar-refractivity contribution in [2.75, 3.05) is 11.4 Å². The SMILES string of the molecule is [N-]=[N+]=NC1CC2C(=O)N(c3ccccc3)C(=O)N2C1. The maximum atomic E-state index is 12.3. The minimum absolute atomic E-state index is 0.244. The third kappa shape index (κ3) is 1.71. The van der Waals surface area contributed by atoms with E-state index in [4.69, 9.17) is 5.53 Å². The molecule has 0 radical (unpaired) electrons. The summed E-state index contributed by atoms with van der Waals surface area (Å²) < 4.78 is 0. The van der Waals surface area contributed by atoms with Crippen molar-refractivity contribution in [3.63, 3.8) is 0 Å². The van der Waals surface area contributed by atoms with Crippen LogP contribution in [-0.2, 0) is 4.79 Å². The predicted octanol–water partition coefficient (Wildman–Crippen LogP) is 1.91. The number of amides is 3. The number of imide groups is 1. The van der Waals surface area contributed by atoms with Gasteiger partial charge in [-0.2, -0.15) is 0 Å².